The number of amides is 3. The first-order valence-electron chi connectivity index (χ1n) is 18.0. The van der Waals surface area contributed by atoms with Crippen LogP contribution in [-0.2, 0) is 19.2 Å². The minimum absolute atomic E-state index is 0.0149. The Morgan fingerprint density at radius 3 is 2.47 bits per heavy atom. The highest BCUT2D eigenvalue weighted by Crippen LogP contribution is 2.43. The summed E-state index contributed by atoms with van der Waals surface area (Å²) in [5.41, 5.74) is 4.01. The summed E-state index contributed by atoms with van der Waals surface area (Å²) in [5.74, 6) is -1.91. The smallest absolute Gasteiger partial charge is 0.333 e. The number of carbonyl (C=O) groups excluding carboxylic acids is 4. The molecule has 2 aromatic rings. The molecule has 47 heavy (non-hydrogen) atoms. The standard InChI is InChI=1S/C37H42N4O6/c1-6-38-29-21-31-27(19-23(29)3)36(28-20-24(4)30(39-7-2)22-32(28)46-31)25-13-10-11-14-26(25)37(45)40(5)18-12-8-9-15-35(44)47-41-33(42)16-17-34(41)43/h10-11,13-14,19-22,38H,6-9,12,15-18H2,1-5H3/b39-30+/i10D,11D,13D,14D. The van der Waals surface area contributed by atoms with E-state index in [9.17, 15) is 19.2 Å². The van der Waals surface area contributed by atoms with Crippen molar-refractivity contribution in [3.05, 3.63) is 70.5 Å². The number of fused-ring (bicyclic) bond motifs is 2. The molecule has 1 saturated heterocycles. The maximum atomic E-state index is 14.3. The molecule has 2 aliphatic heterocycles. The number of anilines is 1. The highest BCUT2D eigenvalue weighted by atomic mass is 16.7. The summed E-state index contributed by atoms with van der Waals surface area (Å²) in [6.07, 6.45) is 1.39. The topological polar surface area (TPSA) is 122 Å². The monoisotopic (exact) mass is 642 g/mol. The van der Waals surface area contributed by atoms with Crippen LogP contribution < -0.4 is 10.7 Å². The summed E-state index contributed by atoms with van der Waals surface area (Å²) < 4.78 is 41.7. The maximum absolute atomic E-state index is 14.3. The molecule has 0 spiro atoms. The first-order valence-corrected chi connectivity index (χ1v) is 16.0. The molecule has 2 aromatic carbocycles. The van der Waals surface area contributed by atoms with E-state index in [4.69, 9.17) is 14.7 Å². The van der Waals surface area contributed by atoms with Gasteiger partial charge in [0.2, 0.25) is 0 Å². The van der Waals surface area contributed by atoms with Gasteiger partial charge in [-0.25, -0.2) is 4.79 Å². The van der Waals surface area contributed by atoms with Gasteiger partial charge in [0.1, 0.15) is 11.3 Å². The van der Waals surface area contributed by atoms with Crippen LogP contribution >= 0.6 is 0 Å². The molecule has 5 rings (SSSR count). The third kappa shape index (κ3) is 7.21. The molecule has 2 heterocycles. The van der Waals surface area contributed by atoms with Crippen LogP contribution in [-0.4, -0.2) is 60.3 Å². The number of benzene rings is 3. The lowest BCUT2D eigenvalue weighted by atomic mass is 9.89. The predicted octanol–water partition coefficient (Wildman–Crippen LogP) is 6.41. The molecule has 10 heteroatoms. The van der Waals surface area contributed by atoms with Gasteiger partial charge in [-0.2, -0.15) is 0 Å². The third-order valence-electron chi connectivity index (χ3n) is 8.15. The fourth-order valence-corrected chi connectivity index (χ4v) is 5.73. The second-order valence-corrected chi connectivity index (χ2v) is 11.6. The summed E-state index contributed by atoms with van der Waals surface area (Å²) in [5, 5.41) is 5.18. The van der Waals surface area contributed by atoms with Gasteiger partial charge < -0.3 is 19.5 Å². The zero-order valence-electron chi connectivity index (χ0n) is 31.5. The Bertz CT molecular complexity index is 2080. The summed E-state index contributed by atoms with van der Waals surface area (Å²) >= 11 is 0. The highest BCUT2D eigenvalue weighted by molar-refractivity contribution is 6.09. The van der Waals surface area contributed by atoms with E-state index in [1.54, 1.807) is 7.05 Å². The molecule has 0 aromatic heterocycles. The molecule has 246 valence electrons. The van der Waals surface area contributed by atoms with E-state index in [1.165, 1.54) is 4.90 Å². The lowest BCUT2D eigenvalue weighted by molar-refractivity contribution is -0.197. The SMILES string of the molecule is [2H]c1c([2H])c([2H])c(-c2c3cc(C)/c(=N/CC)cc-3oc3cc(NCC)c(C)cc23)c(C(=O)N(C)CCCCCC(=O)ON2C(=O)CCC2=O)c1[2H]. The van der Waals surface area contributed by atoms with Crippen molar-refractivity contribution in [2.45, 2.75) is 66.2 Å². The van der Waals surface area contributed by atoms with E-state index in [2.05, 4.69) is 10.3 Å². The van der Waals surface area contributed by atoms with Crippen molar-refractivity contribution in [1.29, 1.82) is 0 Å². The summed E-state index contributed by atoms with van der Waals surface area (Å²) in [4.78, 5) is 60.8. The Morgan fingerprint density at radius 2 is 1.74 bits per heavy atom. The normalized spacial score (nSPS) is 14.7. The molecule has 10 nitrogen and oxygen atoms in total. The Hall–Kier alpha value is -4.99. The van der Waals surface area contributed by atoms with Crippen LogP contribution in [0, 0.1) is 13.8 Å². The van der Waals surface area contributed by atoms with Crippen LogP contribution in [0.3, 0.4) is 0 Å². The van der Waals surface area contributed by atoms with Crippen LogP contribution in [0.15, 0.2) is 57.8 Å². The largest absolute Gasteiger partial charge is 0.456 e. The fourth-order valence-electron chi connectivity index (χ4n) is 5.73. The molecule has 0 bridgehead atoms. The number of carbonyl (C=O) groups is 4. The molecule has 1 N–H and O–H groups in total. The van der Waals surface area contributed by atoms with Crippen LogP contribution in [0.5, 0.6) is 0 Å². The number of hydrogen-bond donors (Lipinski definition) is 1. The number of nitrogens with zero attached hydrogens (tertiary/aromatic N) is 3. The average Bonchev–Trinajstić information content (AvgIpc) is 3.41. The van der Waals surface area contributed by atoms with E-state index in [0.717, 1.165) is 22.2 Å². The van der Waals surface area contributed by atoms with Crippen molar-refractivity contribution in [3.8, 4) is 22.5 Å². The second-order valence-electron chi connectivity index (χ2n) is 11.6. The van der Waals surface area contributed by atoms with Gasteiger partial charge in [0.05, 0.1) is 10.8 Å². The van der Waals surface area contributed by atoms with Crippen molar-refractivity contribution in [3.63, 3.8) is 0 Å². The Labute approximate surface area is 280 Å². The van der Waals surface area contributed by atoms with E-state index in [-0.39, 0.29) is 43.0 Å². The third-order valence-corrected chi connectivity index (χ3v) is 8.15. The number of unbranched alkanes of at least 4 members (excludes halogenated alkanes) is 2. The summed E-state index contributed by atoms with van der Waals surface area (Å²) in [7, 11) is 1.57. The molecule has 0 saturated carbocycles. The number of imide groups is 1. The quantitative estimate of drug-likeness (QED) is 0.108. The molecular weight excluding hydrogens is 596 g/mol. The van der Waals surface area contributed by atoms with Crippen molar-refractivity contribution >= 4 is 40.3 Å². The van der Waals surface area contributed by atoms with Crippen molar-refractivity contribution in [2.24, 2.45) is 4.99 Å². The highest BCUT2D eigenvalue weighted by Gasteiger charge is 2.32. The molecule has 3 amide bonds. The van der Waals surface area contributed by atoms with E-state index < -0.39 is 41.8 Å². The number of rotatable bonds is 12. The number of nitrogens with one attached hydrogen (secondary N) is 1. The molecule has 0 unspecified atom stereocenters. The van der Waals surface area contributed by atoms with Crippen LogP contribution in [0.25, 0.3) is 33.4 Å². The second kappa shape index (κ2) is 14.6. The van der Waals surface area contributed by atoms with Crippen molar-refractivity contribution in [2.75, 3.05) is 32.0 Å². The fraction of sp³-hybridized carbons (Fsp3) is 0.378. The molecular formula is C37H42N4O6. The summed E-state index contributed by atoms with van der Waals surface area (Å²) in [6.45, 7) is 9.22. The molecule has 1 fully saturated rings. The average molecular weight is 643 g/mol. The maximum Gasteiger partial charge on any atom is 0.333 e. The Morgan fingerprint density at radius 1 is 1.00 bits per heavy atom. The van der Waals surface area contributed by atoms with E-state index in [0.29, 0.717) is 65.3 Å². The van der Waals surface area contributed by atoms with Gasteiger partial charge >= 0.3 is 5.97 Å². The van der Waals surface area contributed by atoms with Gasteiger partial charge in [-0.3, -0.25) is 19.4 Å². The lowest BCUT2D eigenvalue weighted by Crippen LogP contribution is -2.32. The lowest BCUT2D eigenvalue weighted by Gasteiger charge is -2.22. The van der Waals surface area contributed by atoms with Gasteiger partial charge in [-0.05, 0) is 75.4 Å². The minimum atomic E-state index is -0.694. The molecule has 0 radical (unpaired) electrons. The van der Waals surface area contributed by atoms with E-state index >= 15 is 0 Å². The molecule has 1 aliphatic carbocycles. The predicted molar refractivity (Wildman–Crippen MR) is 181 cm³/mol. The first kappa shape index (κ1) is 28.3. The van der Waals surface area contributed by atoms with Gasteiger partial charge in [0.15, 0.2) is 0 Å². The zero-order valence-corrected chi connectivity index (χ0v) is 27.5. The first-order chi connectivity index (χ1) is 24.3. The minimum Gasteiger partial charge on any atom is -0.456 e. The zero-order chi connectivity index (χ0) is 37.1. The summed E-state index contributed by atoms with van der Waals surface area (Å²) in [6, 6.07) is 5.70. The van der Waals surface area contributed by atoms with Gasteiger partial charge in [-0.15, -0.1) is 5.06 Å². The molecule has 0 atom stereocenters. The van der Waals surface area contributed by atoms with Gasteiger partial charge in [-0.1, -0.05) is 24.5 Å². The van der Waals surface area contributed by atoms with Crippen molar-refractivity contribution < 1.29 is 33.9 Å². The Kier molecular flexibility index (Phi) is 8.79. The van der Waals surface area contributed by atoms with Gasteiger partial charge in [0, 0.05) is 85.8 Å². The number of aryl methyl sites for hydroxylation is 2. The number of hydroxylamine groups is 2. The van der Waals surface area contributed by atoms with Crippen molar-refractivity contribution in [1.82, 2.24) is 9.96 Å². The van der Waals surface area contributed by atoms with Gasteiger partial charge in [0.25, 0.3) is 17.7 Å². The van der Waals surface area contributed by atoms with Crippen LogP contribution in [0.1, 0.15) is 79.3 Å². The number of hydrogen-bond acceptors (Lipinski definition) is 8. The van der Waals surface area contributed by atoms with Crippen LogP contribution in [0.4, 0.5) is 5.69 Å². The van der Waals surface area contributed by atoms with E-state index in [1.807, 2.05) is 52.0 Å². The van der Waals surface area contributed by atoms with Crippen LogP contribution in [0.2, 0.25) is 0 Å². The Balaban J connectivity index is 1.53. The molecule has 3 aliphatic rings.